The van der Waals surface area contributed by atoms with Crippen LogP contribution in [0.1, 0.15) is 20.3 Å². The molecule has 2 unspecified atom stereocenters. The van der Waals surface area contributed by atoms with Crippen LogP contribution in [0.2, 0.25) is 0 Å². The first-order valence-electron chi connectivity index (χ1n) is 3.60. The molecule has 0 aromatic heterocycles. The summed E-state index contributed by atoms with van der Waals surface area (Å²) >= 11 is 4.24. The van der Waals surface area contributed by atoms with E-state index in [1.54, 1.807) is 0 Å². The van der Waals surface area contributed by atoms with Crippen LogP contribution in [0.5, 0.6) is 0 Å². The van der Waals surface area contributed by atoms with Crippen LogP contribution in [0.25, 0.3) is 0 Å². The zero-order chi connectivity index (χ0) is 13.3. The Morgan fingerprint density at radius 3 is 1.00 bits per heavy atom. The van der Waals surface area contributed by atoms with Crippen molar-refractivity contribution in [2.45, 2.75) is 20.3 Å². The van der Waals surface area contributed by atoms with Gasteiger partial charge in [-0.2, -0.15) is 0 Å². The van der Waals surface area contributed by atoms with Crippen LogP contribution in [-0.4, -0.2) is 14.2 Å². The summed E-state index contributed by atoms with van der Waals surface area (Å²) in [6.07, 6.45) is 1.25. The molecule has 0 spiro atoms. The van der Waals surface area contributed by atoms with Crippen molar-refractivity contribution >= 4 is 53.7 Å². The minimum absolute atomic E-state index is 0. The van der Waals surface area contributed by atoms with Gasteiger partial charge in [0.05, 0.1) is 0 Å². The fraction of sp³-hybridized carbons (Fsp3) is 1.00. The maximum Gasteiger partial charge on any atom is 0.121 e. The van der Waals surface area contributed by atoms with Crippen molar-refractivity contribution in [3.05, 3.63) is 0 Å². The van der Waals surface area contributed by atoms with Crippen molar-refractivity contribution in [2.75, 3.05) is 14.2 Å². The molecule has 0 fully saturated rings. The smallest absolute Gasteiger partial charge is 0.121 e. The van der Waals surface area contributed by atoms with Crippen molar-refractivity contribution in [1.29, 1.82) is 0 Å². The Bertz CT molecular complexity index is 132. The Kier molecular flexibility index (Phi) is 92.8. The van der Waals surface area contributed by atoms with Crippen molar-refractivity contribution in [3.8, 4) is 0 Å². The minimum atomic E-state index is -2.87. The second kappa shape index (κ2) is 42.7. The van der Waals surface area contributed by atoms with Crippen molar-refractivity contribution < 1.29 is 70.1 Å². The van der Waals surface area contributed by atoms with E-state index >= 15 is 0 Å². The van der Waals surface area contributed by atoms with Gasteiger partial charge in [0.25, 0.3) is 0 Å². The summed E-state index contributed by atoms with van der Waals surface area (Å²) in [6, 6.07) is 0. The number of hydrogen-bond acceptors (Lipinski definition) is 6. The van der Waals surface area contributed by atoms with Crippen LogP contribution in [0.4, 0.5) is 0 Å². The number of rotatable bonds is 2. The van der Waals surface area contributed by atoms with E-state index in [2.05, 4.69) is 60.1 Å². The van der Waals surface area contributed by atoms with Crippen LogP contribution in [0.15, 0.2) is 0 Å². The summed E-state index contributed by atoms with van der Waals surface area (Å²) in [5.41, 5.74) is 0. The summed E-state index contributed by atoms with van der Waals surface area (Å²) in [5, 5.41) is 0. The molecule has 12 heteroatoms. The third-order valence-corrected chi connectivity index (χ3v) is 1.00. The molecule has 2 atom stereocenters. The Hall–Kier alpha value is 3.14. The van der Waals surface area contributed by atoms with Gasteiger partial charge >= 0.3 is 0 Å². The number of halogens is 2. The van der Waals surface area contributed by atoms with Crippen molar-refractivity contribution in [2.24, 2.45) is 0 Å². The van der Waals surface area contributed by atoms with Crippen LogP contribution in [-0.2, 0) is 60.3 Å². The Morgan fingerprint density at radius 2 is 1.00 bits per heavy atom. The van der Waals surface area contributed by atoms with Crippen LogP contribution in [0.3, 0.4) is 0 Å². The first-order valence-corrected chi connectivity index (χ1v) is 12.3. The SMILES string of the molecule is CCC.CO[PH](=O)[O-].CO[PH](=O)[O-].II.[W].[W]. The maximum atomic E-state index is 9.22. The Labute approximate surface area is 156 Å². The second-order valence-electron chi connectivity index (χ2n) is 1.62. The summed E-state index contributed by atoms with van der Waals surface area (Å²) in [4.78, 5) is 18.4. The topological polar surface area (TPSA) is 98.7 Å². The van der Waals surface area contributed by atoms with E-state index < -0.39 is 16.5 Å². The van der Waals surface area contributed by atoms with Gasteiger partial charge in [0.1, 0.15) is 16.5 Å². The fourth-order valence-corrected chi connectivity index (χ4v) is 0. The summed E-state index contributed by atoms with van der Waals surface area (Å²) in [7, 11) is -3.51. The molecular weight excluding hydrogens is 839 g/mol. The zero-order valence-corrected chi connectivity index (χ0v) is 21.9. The Balaban J connectivity index is -0.0000000241. The van der Waals surface area contributed by atoms with E-state index in [-0.39, 0.29) is 42.1 Å². The third-order valence-electron chi connectivity index (χ3n) is 0.333. The molecule has 110 valence electrons. The van der Waals surface area contributed by atoms with Crippen LogP contribution < -0.4 is 9.79 Å². The molecular formula is C5H16I2O6P2W2-2. The molecule has 0 bridgehead atoms. The average molecular weight is 856 g/mol. The molecule has 0 radical (unpaired) electrons. The van der Waals surface area contributed by atoms with Gasteiger partial charge in [0.2, 0.25) is 0 Å². The molecule has 0 aliphatic heterocycles. The van der Waals surface area contributed by atoms with E-state index in [0.29, 0.717) is 0 Å². The van der Waals surface area contributed by atoms with Crippen molar-refractivity contribution in [1.82, 2.24) is 0 Å². The zero-order valence-electron chi connectivity index (χ0n) is 9.73. The van der Waals surface area contributed by atoms with Gasteiger partial charge in [0.15, 0.2) is 0 Å². The first kappa shape index (κ1) is 36.9. The molecule has 0 aromatic rings. The van der Waals surface area contributed by atoms with Gasteiger partial charge in [-0.15, -0.1) is 0 Å². The summed E-state index contributed by atoms with van der Waals surface area (Å²) in [6.45, 7) is 4.25. The molecule has 0 saturated carbocycles. The van der Waals surface area contributed by atoms with Gasteiger partial charge in [-0.1, -0.05) is 20.3 Å². The average Bonchev–Trinajstić information content (AvgIpc) is 2.22. The maximum absolute atomic E-state index is 9.22. The molecule has 17 heavy (non-hydrogen) atoms. The molecule has 0 aliphatic carbocycles. The standard InChI is InChI=1S/C3H8.2CH5O3P.I2.2W/c1-3-2;2*1-4-5(2)3;1-2;;/h3H2,1-2H3;2*5H,1H3,(H,2,3);;;/p-2. The van der Waals surface area contributed by atoms with Crippen molar-refractivity contribution in [3.63, 3.8) is 0 Å². The van der Waals surface area contributed by atoms with E-state index in [9.17, 15) is 18.9 Å². The van der Waals surface area contributed by atoms with Gasteiger partial charge < -0.3 is 28.0 Å². The predicted octanol–water partition coefficient (Wildman–Crippen LogP) is 1.95. The molecule has 0 aromatic carbocycles. The quantitative estimate of drug-likeness (QED) is 0.312. The van der Waals surface area contributed by atoms with E-state index in [1.165, 1.54) is 6.42 Å². The Morgan fingerprint density at radius 1 is 0.941 bits per heavy atom. The van der Waals surface area contributed by atoms with Crippen LogP contribution in [0, 0.1) is 0 Å². The fourth-order valence-electron chi connectivity index (χ4n) is 0. The normalized spacial score (nSPS) is 10.1. The summed E-state index contributed by atoms with van der Waals surface area (Å²) < 4.78 is 25.9. The number of hydrogen-bond donors (Lipinski definition) is 0. The first-order chi connectivity index (χ1) is 6.95. The predicted molar refractivity (Wildman–Crippen MR) is 76.0 cm³/mol. The van der Waals surface area contributed by atoms with Crippen LogP contribution >= 0.6 is 53.7 Å². The molecule has 6 nitrogen and oxygen atoms in total. The monoisotopic (exact) mass is 856 g/mol. The molecule has 0 N–H and O–H groups in total. The van der Waals surface area contributed by atoms with Gasteiger partial charge in [-0.25, -0.2) is 0 Å². The van der Waals surface area contributed by atoms with Gasteiger partial charge in [-0.3, -0.25) is 0 Å². The molecule has 0 amide bonds. The molecule has 0 heterocycles. The largest absolute Gasteiger partial charge is 0.781 e. The van der Waals surface area contributed by atoms with E-state index in [1.807, 2.05) is 0 Å². The second-order valence-corrected chi connectivity index (χ2v) is 3.43. The van der Waals surface area contributed by atoms with E-state index in [0.717, 1.165) is 14.2 Å². The molecule has 0 rings (SSSR count). The molecule has 0 aliphatic rings. The molecule has 0 saturated heterocycles. The summed E-state index contributed by atoms with van der Waals surface area (Å²) in [5.74, 6) is 0. The minimum Gasteiger partial charge on any atom is -0.781 e. The van der Waals surface area contributed by atoms with Gasteiger partial charge in [0, 0.05) is 93.6 Å². The van der Waals surface area contributed by atoms with Gasteiger partial charge in [-0.05, 0) is 0 Å². The third kappa shape index (κ3) is 110. The van der Waals surface area contributed by atoms with E-state index in [4.69, 9.17) is 0 Å².